The molecule has 1 aromatic heterocycles. The van der Waals surface area contributed by atoms with Gasteiger partial charge in [0.05, 0.1) is 11.2 Å². The minimum Gasteiger partial charge on any atom is -0.249 e. The zero-order valence-corrected chi connectivity index (χ0v) is 13.3. The summed E-state index contributed by atoms with van der Waals surface area (Å²) in [6.07, 6.45) is 5.32. The molecule has 0 N–H and O–H groups in total. The first-order chi connectivity index (χ1) is 8.48. The average molecular weight is 351 g/mol. The largest absolute Gasteiger partial charge is 0.254 e. The molecule has 1 aromatic rings. The number of thiazole rings is 1. The van der Waals surface area contributed by atoms with E-state index >= 15 is 0 Å². The number of halogens is 1. The summed E-state index contributed by atoms with van der Waals surface area (Å²) in [5.41, 5.74) is 0. The molecule has 0 saturated carbocycles. The van der Waals surface area contributed by atoms with Gasteiger partial charge in [-0.25, -0.2) is 13.4 Å². The van der Waals surface area contributed by atoms with E-state index in [2.05, 4.69) is 20.9 Å². The lowest BCUT2D eigenvalue weighted by atomic mass is 10.1. The molecule has 2 unspecified atom stereocenters. The lowest BCUT2D eigenvalue weighted by Crippen LogP contribution is -2.46. The Bertz CT molecular complexity index is 543. The average Bonchev–Trinajstić information content (AvgIpc) is 2.83. The van der Waals surface area contributed by atoms with Crippen molar-refractivity contribution in [2.45, 2.75) is 53.7 Å². The maximum absolute atomic E-state index is 12.6. The summed E-state index contributed by atoms with van der Waals surface area (Å²) in [5, 5.41) is 0.802. The van der Waals surface area contributed by atoms with Gasteiger partial charge in [0.2, 0.25) is 0 Å². The molecule has 3 heterocycles. The van der Waals surface area contributed by atoms with Gasteiger partial charge in [0, 0.05) is 16.9 Å². The Balaban J connectivity index is 1.96. The number of hydrogen-bond acceptors (Lipinski definition) is 4. The minimum absolute atomic E-state index is 0.167. The molecule has 0 amide bonds. The van der Waals surface area contributed by atoms with Crippen LogP contribution in [0.15, 0.2) is 10.4 Å². The molecule has 2 fully saturated rings. The van der Waals surface area contributed by atoms with Crippen LogP contribution >= 0.6 is 27.3 Å². The second-order valence-corrected chi connectivity index (χ2v) is 9.59. The molecule has 18 heavy (non-hydrogen) atoms. The first kappa shape index (κ1) is 13.0. The molecule has 2 atom stereocenters. The fourth-order valence-electron chi connectivity index (χ4n) is 3.03. The Morgan fingerprint density at radius 3 is 2.50 bits per heavy atom. The van der Waals surface area contributed by atoms with Crippen LogP contribution in [0, 0.1) is 6.92 Å². The molecule has 0 aliphatic carbocycles. The van der Waals surface area contributed by atoms with Crippen molar-refractivity contribution in [3.05, 3.63) is 11.2 Å². The second-order valence-electron chi connectivity index (χ2n) is 4.99. The van der Waals surface area contributed by atoms with Crippen LogP contribution in [0.25, 0.3) is 0 Å². The number of aryl methyl sites for hydroxylation is 1. The Hall–Kier alpha value is 0.0200. The van der Waals surface area contributed by atoms with Crippen molar-refractivity contribution in [3.8, 4) is 0 Å². The van der Waals surface area contributed by atoms with Gasteiger partial charge in [-0.05, 0) is 32.6 Å². The molecule has 3 rings (SSSR count). The van der Waals surface area contributed by atoms with E-state index in [1.807, 2.05) is 6.92 Å². The number of sulfonamides is 1. The molecule has 0 aromatic carbocycles. The van der Waals surface area contributed by atoms with Crippen LogP contribution in [0.1, 0.15) is 30.7 Å². The van der Waals surface area contributed by atoms with E-state index in [1.165, 1.54) is 17.5 Å². The third kappa shape index (κ3) is 2.05. The van der Waals surface area contributed by atoms with Crippen molar-refractivity contribution in [1.29, 1.82) is 0 Å². The standard InChI is InChI=1S/C11H15BrN2O2S2/c1-7-13-6-11(17-7)18(15,16)14-9-2-3-10(14)5-8(12)4-9/h6,8-10H,2-5H2,1H3. The van der Waals surface area contributed by atoms with Crippen LogP contribution in [0.5, 0.6) is 0 Å². The van der Waals surface area contributed by atoms with Crippen molar-refractivity contribution in [3.63, 3.8) is 0 Å². The van der Waals surface area contributed by atoms with Crippen LogP contribution in [-0.4, -0.2) is 34.6 Å². The van der Waals surface area contributed by atoms with Gasteiger partial charge in [-0.1, -0.05) is 15.9 Å². The van der Waals surface area contributed by atoms with Crippen molar-refractivity contribution < 1.29 is 8.42 Å². The Morgan fingerprint density at radius 2 is 2.00 bits per heavy atom. The van der Waals surface area contributed by atoms with Gasteiger partial charge >= 0.3 is 0 Å². The molecular weight excluding hydrogens is 336 g/mol. The summed E-state index contributed by atoms with van der Waals surface area (Å²) in [6.45, 7) is 1.84. The van der Waals surface area contributed by atoms with E-state index < -0.39 is 10.0 Å². The van der Waals surface area contributed by atoms with Gasteiger partial charge in [-0.15, -0.1) is 11.3 Å². The second kappa shape index (κ2) is 4.54. The predicted molar refractivity (Wildman–Crippen MR) is 74.6 cm³/mol. The zero-order chi connectivity index (χ0) is 12.9. The number of piperidine rings is 1. The van der Waals surface area contributed by atoms with Gasteiger partial charge in [-0.3, -0.25) is 0 Å². The summed E-state index contributed by atoms with van der Waals surface area (Å²) < 4.78 is 27.4. The van der Waals surface area contributed by atoms with Gasteiger partial charge < -0.3 is 0 Å². The molecule has 0 spiro atoms. The highest BCUT2D eigenvalue weighted by Gasteiger charge is 2.47. The van der Waals surface area contributed by atoms with Gasteiger partial charge in [-0.2, -0.15) is 4.31 Å². The molecule has 100 valence electrons. The minimum atomic E-state index is -3.33. The van der Waals surface area contributed by atoms with E-state index in [0.29, 0.717) is 9.04 Å². The Morgan fingerprint density at radius 1 is 1.39 bits per heavy atom. The summed E-state index contributed by atoms with van der Waals surface area (Å²) in [5.74, 6) is 0. The first-order valence-corrected chi connectivity index (χ1v) is 9.26. The monoisotopic (exact) mass is 350 g/mol. The predicted octanol–water partition coefficient (Wildman–Crippen LogP) is 2.53. The van der Waals surface area contributed by atoms with Crippen molar-refractivity contribution in [2.24, 2.45) is 0 Å². The number of fused-ring (bicyclic) bond motifs is 2. The molecule has 0 radical (unpaired) electrons. The zero-order valence-electron chi connectivity index (χ0n) is 10.0. The molecule has 2 bridgehead atoms. The third-order valence-corrected chi connectivity index (χ3v) is 7.84. The number of aromatic nitrogens is 1. The Kier molecular flexibility index (Phi) is 3.28. The fourth-order valence-corrected chi connectivity index (χ4v) is 6.99. The highest BCUT2D eigenvalue weighted by atomic mass is 79.9. The van der Waals surface area contributed by atoms with Crippen molar-refractivity contribution >= 4 is 37.3 Å². The van der Waals surface area contributed by atoms with Gasteiger partial charge in [0.1, 0.15) is 0 Å². The lowest BCUT2D eigenvalue weighted by molar-refractivity contribution is 0.255. The molecule has 2 saturated heterocycles. The quantitative estimate of drug-likeness (QED) is 0.770. The molecule has 2 aliphatic rings. The lowest BCUT2D eigenvalue weighted by Gasteiger charge is -2.35. The molecular formula is C11H15BrN2O2S2. The van der Waals surface area contributed by atoms with E-state index in [0.717, 1.165) is 30.7 Å². The molecule has 7 heteroatoms. The van der Waals surface area contributed by atoms with Crippen LogP contribution in [0.2, 0.25) is 0 Å². The Labute approximate surface area is 120 Å². The van der Waals surface area contributed by atoms with Gasteiger partial charge in [0.25, 0.3) is 10.0 Å². The summed E-state index contributed by atoms with van der Waals surface area (Å²) in [4.78, 5) is 4.53. The first-order valence-electron chi connectivity index (χ1n) is 6.08. The highest BCUT2D eigenvalue weighted by Crippen LogP contribution is 2.42. The third-order valence-electron chi connectivity index (χ3n) is 3.74. The van der Waals surface area contributed by atoms with Gasteiger partial charge in [0.15, 0.2) is 4.21 Å². The number of nitrogens with zero attached hydrogens (tertiary/aromatic N) is 2. The smallest absolute Gasteiger partial charge is 0.249 e. The number of rotatable bonds is 2. The number of alkyl halides is 1. The summed E-state index contributed by atoms with van der Waals surface area (Å²) >= 11 is 4.90. The summed E-state index contributed by atoms with van der Waals surface area (Å²) in [6, 6.07) is 0.334. The molecule has 4 nitrogen and oxygen atoms in total. The van der Waals surface area contributed by atoms with Crippen LogP contribution in [-0.2, 0) is 10.0 Å². The SMILES string of the molecule is Cc1ncc(S(=O)(=O)N2C3CCC2CC(Br)C3)s1. The van der Waals surface area contributed by atoms with Crippen LogP contribution in [0.4, 0.5) is 0 Å². The highest BCUT2D eigenvalue weighted by molar-refractivity contribution is 9.09. The van der Waals surface area contributed by atoms with Crippen LogP contribution in [0.3, 0.4) is 0 Å². The topological polar surface area (TPSA) is 50.3 Å². The maximum Gasteiger partial charge on any atom is 0.254 e. The van der Waals surface area contributed by atoms with E-state index in [9.17, 15) is 8.42 Å². The normalized spacial score (nSPS) is 32.9. The summed E-state index contributed by atoms with van der Waals surface area (Å²) in [7, 11) is -3.33. The van der Waals surface area contributed by atoms with E-state index in [4.69, 9.17) is 0 Å². The van der Waals surface area contributed by atoms with E-state index in [1.54, 1.807) is 4.31 Å². The van der Waals surface area contributed by atoms with Crippen molar-refractivity contribution in [2.75, 3.05) is 0 Å². The maximum atomic E-state index is 12.6. The fraction of sp³-hybridized carbons (Fsp3) is 0.727. The van der Waals surface area contributed by atoms with Crippen molar-refractivity contribution in [1.82, 2.24) is 9.29 Å². The van der Waals surface area contributed by atoms with E-state index in [-0.39, 0.29) is 12.1 Å². The van der Waals surface area contributed by atoms with Crippen LogP contribution < -0.4 is 0 Å². The number of hydrogen-bond donors (Lipinski definition) is 0. The molecule has 2 aliphatic heterocycles.